The van der Waals surface area contributed by atoms with Gasteiger partial charge in [0.05, 0.1) is 0 Å². The summed E-state index contributed by atoms with van der Waals surface area (Å²) in [6, 6.07) is 0. The summed E-state index contributed by atoms with van der Waals surface area (Å²) in [6.45, 7) is 2.55. The molecule has 0 saturated carbocycles. The van der Waals surface area contributed by atoms with Crippen LogP contribution in [0, 0.1) is 0 Å². The molecule has 0 spiro atoms. The number of aryl methyl sites for hydroxylation is 1. The minimum Gasteiger partial charge on any atom is -0.330 e. The fourth-order valence-corrected chi connectivity index (χ4v) is 3.57. The van der Waals surface area contributed by atoms with E-state index in [1.54, 1.807) is 6.33 Å². The van der Waals surface area contributed by atoms with E-state index in [1.807, 2.05) is 16.4 Å². The Morgan fingerprint density at radius 3 is 2.24 bits per heavy atom. The summed E-state index contributed by atoms with van der Waals surface area (Å²) in [4.78, 5) is 4.38. The van der Waals surface area contributed by atoms with Crippen LogP contribution in [0.5, 0.6) is 0 Å². The van der Waals surface area contributed by atoms with Crippen molar-refractivity contribution in [1.82, 2.24) is 14.8 Å². The van der Waals surface area contributed by atoms with Gasteiger partial charge in [-0.15, -0.1) is 0 Å². The third-order valence-electron chi connectivity index (χ3n) is 4.14. The van der Waals surface area contributed by atoms with Gasteiger partial charge in [-0.05, 0) is 64.5 Å². The van der Waals surface area contributed by atoms with Gasteiger partial charge >= 0.3 is 0 Å². The van der Waals surface area contributed by atoms with E-state index in [9.17, 15) is 0 Å². The van der Waals surface area contributed by atoms with Crippen molar-refractivity contribution in [2.45, 2.75) is 82.3 Å². The highest BCUT2D eigenvalue weighted by molar-refractivity contribution is 7.99. The average Bonchev–Trinajstić information content (AvgIpc) is 3.07. The fourth-order valence-electron chi connectivity index (χ4n) is 2.62. The van der Waals surface area contributed by atoms with Gasteiger partial charge in [-0.25, -0.2) is 9.67 Å². The quantitative estimate of drug-likeness (QED) is 0.246. The molecule has 0 amide bonds. The lowest BCUT2D eigenvalue weighted by atomic mass is 10.1. The van der Waals surface area contributed by atoms with Crippen LogP contribution in [0.4, 0.5) is 0 Å². The number of allylic oxidation sites excluding steroid dienone is 2. The normalized spacial score (nSPS) is 11.6. The molecule has 1 rings (SSSR count). The van der Waals surface area contributed by atoms with E-state index in [2.05, 4.69) is 22.2 Å². The van der Waals surface area contributed by atoms with Crippen LogP contribution in [0.3, 0.4) is 0 Å². The van der Waals surface area contributed by atoms with E-state index < -0.39 is 0 Å². The smallest absolute Gasteiger partial charge is 0.186 e. The summed E-state index contributed by atoms with van der Waals surface area (Å²) in [5.74, 6) is 1.14. The van der Waals surface area contributed by atoms with Gasteiger partial charge in [-0.3, -0.25) is 0 Å². The molecule has 0 bridgehead atoms. The SMILES string of the molecule is NCCCC/C=C\CCCCCCSc1ncnn1CCCCCN. The molecule has 1 aromatic rings. The van der Waals surface area contributed by atoms with Crippen LogP contribution in [0.25, 0.3) is 0 Å². The molecule has 0 aliphatic carbocycles. The summed E-state index contributed by atoms with van der Waals surface area (Å²) in [7, 11) is 0. The van der Waals surface area contributed by atoms with Gasteiger partial charge in [0.25, 0.3) is 0 Å². The lowest BCUT2D eigenvalue weighted by Crippen LogP contribution is -2.04. The number of unbranched alkanes of at least 4 members (excludes halogenated alkanes) is 8. The second-order valence-corrected chi connectivity index (χ2v) is 7.48. The van der Waals surface area contributed by atoms with Crippen molar-refractivity contribution in [2.24, 2.45) is 11.5 Å². The van der Waals surface area contributed by atoms with Crippen molar-refractivity contribution in [1.29, 1.82) is 0 Å². The Morgan fingerprint density at radius 1 is 0.840 bits per heavy atom. The topological polar surface area (TPSA) is 82.8 Å². The third-order valence-corrected chi connectivity index (χ3v) is 5.21. The van der Waals surface area contributed by atoms with Gasteiger partial charge in [-0.1, -0.05) is 43.2 Å². The molecule has 144 valence electrons. The monoisotopic (exact) mass is 367 g/mol. The molecule has 0 unspecified atom stereocenters. The minimum atomic E-state index is 0.781. The summed E-state index contributed by atoms with van der Waals surface area (Å²) in [5.41, 5.74) is 11.0. The van der Waals surface area contributed by atoms with Crippen molar-refractivity contribution in [3.8, 4) is 0 Å². The molecule has 0 radical (unpaired) electrons. The van der Waals surface area contributed by atoms with Crippen LogP contribution < -0.4 is 11.5 Å². The molecule has 0 fully saturated rings. The Hall–Kier alpha value is -0.850. The predicted molar refractivity (Wildman–Crippen MR) is 109 cm³/mol. The van der Waals surface area contributed by atoms with Gasteiger partial charge < -0.3 is 11.5 Å². The maximum Gasteiger partial charge on any atom is 0.186 e. The number of aromatic nitrogens is 3. The lowest BCUT2D eigenvalue weighted by molar-refractivity contribution is 0.510. The van der Waals surface area contributed by atoms with Gasteiger partial charge in [0.1, 0.15) is 6.33 Å². The molecule has 0 atom stereocenters. The Bertz CT molecular complexity index is 433. The number of hydrogen-bond donors (Lipinski definition) is 2. The number of rotatable bonds is 17. The van der Waals surface area contributed by atoms with Crippen molar-refractivity contribution < 1.29 is 0 Å². The third kappa shape index (κ3) is 12.2. The van der Waals surface area contributed by atoms with Crippen LogP contribution in [0.1, 0.15) is 70.6 Å². The van der Waals surface area contributed by atoms with Gasteiger partial charge in [-0.2, -0.15) is 5.10 Å². The standard InChI is InChI=1S/C19H37N5S/c20-14-10-7-5-3-1-2-4-6-8-13-17-25-19-22-18-23-24(19)16-12-9-11-15-21/h1,3,18H,2,4-17,20-21H2/b3-1-. The van der Waals surface area contributed by atoms with Crippen molar-refractivity contribution in [2.75, 3.05) is 18.8 Å². The lowest BCUT2D eigenvalue weighted by Gasteiger charge is -2.05. The highest BCUT2D eigenvalue weighted by Crippen LogP contribution is 2.18. The summed E-state index contributed by atoms with van der Waals surface area (Å²) >= 11 is 1.84. The van der Waals surface area contributed by atoms with Crippen molar-refractivity contribution >= 4 is 11.8 Å². The molecule has 0 aliphatic rings. The Balaban J connectivity index is 1.97. The van der Waals surface area contributed by atoms with E-state index in [4.69, 9.17) is 11.5 Å². The highest BCUT2D eigenvalue weighted by atomic mass is 32.2. The molecular formula is C19H37N5S. The molecule has 0 saturated heterocycles. The molecular weight excluding hydrogens is 330 g/mol. The molecule has 0 aromatic carbocycles. The second kappa shape index (κ2) is 16.6. The number of thioether (sulfide) groups is 1. The maximum atomic E-state index is 5.53. The summed E-state index contributed by atoms with van der Waals surface area (Å²) in [6.07, 6.45) is 19.7. The first-order valence-corrected chi connectivity index (χ1v) is 10.9. The zero-order chi connectivity index (χ0) is 18.0. The van der Waals surface area contributed by atoms with E-state index in [1.165, 1.54) is 51.4 Å². The van der Waals surface area contributed by atoms with Crippen LogP contribution >= 0.6 is 11.8 Å². The molecule has 1 heterocycles. The van der Waals surface area contributed by atoms with Crippen LogP contribution in [0.15, 0.2) is 23.6 Å². The van der Waals surface area contributed by atoms with Crippen molar-refractivity contribution in [3.05, 3.63) is 18.5 Å². The molecule has 25 heavy (non-hydrogen) atoms. The molecule has 4 N–H and O–H groups in total. The Morgan fingerprint density at radius 2 is 1.48 bits per heavy atom. The average molecular weight is 368 g/mol. The van der Waals surface area contributed by atoms with Crippen molar-refractivity contribution in [3.63, 3.8) is 0 Å². The zero-order valence-corrected chi connectivity index (χ0v) is 16.6. The van der Waals surface area contributed by atoms with Gasteiger partial charge in [0.2, 0.25) is 0 Å². The summed E-state index contributed by atoms with van der Waals surface area (Å²) in [5, 5.41) is 5.39. The Labute approximate surface area is 158 Å². The zero-order valence-electron chi connectivity index (χ0n) is 15.7. The predicted octanol–water partition coefficient (Wildman–Crippen LogP) is 4.13. The Kier molecular flexibility index (Phi) is 14.7. The van der Waals surface area contributed by atoms with E-state index in [0.717, 1.165) is 49.8 Å². The largest absolute Gasteiger partial charge is 0.330 e. The first-order chi connectivity index (χ1) is 12.4. The van der Waals surface area contributed by atoms with Gasteiger partial charge in [0.15, 0.2) is 5.16 Å². The minimum absolute atomic E-state index is 0.781. The highest BCUT2D eigenvalue weighted by Gasteiger charge is 2.04. The first kappa shape index (κ1) is 22.2. The number of nitrogens with zero attached hydrogens (tertiary/aromatic N) is 3. The molecule has 6 heteroatoms. The molecule has 0 aliphatic heterocycles. The first-order valence-electron chi connectivity index (χ1n) is 9.94. The summed E-state index contributed by atoms with van der Waals surface area (Å²) < 4.78 is 2.04. The molecule has 5 nitrogen and oxygen atoms in total. The van der Waals surface area contributed by atoms with E-state index in [-0.39, 0.29) is 0 Å². The van der Waals surface area contributed by atoms with Crippen LogP contribution in [-0.2, 0) is 6.54 Å². The van der Waals surface area contributed by atoms with Crippen LogP contribution in [0.2, 0.25) is 0 Å². The molecule has 1 aromatic heterocycles. The van der Waals surface area contributed by atoms with Gasteiger partial charge in [0, 0.05) is 12.3 Å². The second-order valence-electron chi connectivity index (χ2n) is 6.42. The fraction of sp³-hybridized carbons (Fsp3) is 0.789. The van der Waals surface area contributed by atoms with Crippen LogP contribution in [-0.4, -0.2) is 33.6 Å². The maximum absolute atomic E-state index is 5.53. The number of hydrogen-bond acceptors (Lipinski definition) is 5. The van der Waals surface area contributed by atoms with E-state index in [0.29, 0.717) is 0 Å². The number of nitrogens with two attached hydrogens (primary N) is 2. The van der Waals surface area contributed by atoms with E-state index >= 15 is 0 Å².